The van der Waals surface area contributed by atoms with Crippen molar-refractivity contribution in [3.05, 3.63) is 0 Å². The first-order chi connectivity index (χ1) is 4.25. The summed E-state index contributed by atoms with van der Waals surface area (Å²) in [6.07, 6.45) is 0. The average molecular weight is 168 g/mol. The molecule has 0 aliphatic carbocycles. The molecule has 2 N–H and O–H groups in total. The molecule has 0 radical (unpaired) electrons. The third kappa shape index (κ3) is 1.50. The molecule has 0 atom stereocenters. The van der Waals surface area contributed by atoms with Crippen LogP contribution >= 0.6 is 12.4 Å². The van der Waals surface area contributed by atoms with E-state index in [1.807, 2.05) is 0 Å². The Morgan fingerprint density at radius 1 is 1.60 bits per heavy atom. The number of hydrogen-bond donors (Lipinski definition) is 1. The smallest absolute Gasteiger partial charge is 0.273 e. The average Bonchev–Trinajstić information content (AvgIpc) is 2.15. The van der Waals surface area contributed by atoms with Gasteiger partial charge in [-0.05, 0) is 0 Å². The van der Waals surface area contributed by atoms with E-state index < -0.39 is 0 Å². The Balaban J connectivity index is 0.000000810. The van der Waals surface area contributed by atoms with Gasteiger partial charge in [-0.15, -0.1) is 12.4 Å². The topological polar surface area (TPSA) is 58.8 Å². The first-order valence-corrected chi connectivity index (χ1v) is 2.63. The summed E-state index contributed by atoms with van der Waals surface area (Å²) in [4.78, 5) is 15.4. The minimum Gasteiger partial charge on any atom is -0.273 e. The predicted molar refractivity (Wildman–Crippen MR) is 37.3 cm³/mol. The Bertz CT molecular complexity index is 132. The molecule has 1 saturated heterocycles. The molecule has 0 saturated carbocycles. The third-order valence-electron chi connectivity index (χ3n) is 1.22. The number of carbonyl (C=O) groups is 1. The van der Waals surface area contributed by atoms with Crippen LogP contribution < -0.4 is 5.84 Å². The third-order valence-corrected chi connectivity index (χ3v) is 1.22. The highest BCUT2D eigenvalue weighted by molar-refractivity contribution is 5.85. The molecular weight excluding hydrogens is 158 g/mol. The molecule has 0 aromatic carbocycles. The van der Waals surface area contributed by atoms with Crippen LogP contribution in [-0.4, -0.2) is 36.3 Å². The summed E-state index contributed by atoms with van der Waals surface area (Å²) >= 11 is 0. The molecule has 60 valence electrons. The van der Waals surface area contributed by atoms with Crippen LogP contribution in [0.1, 0.15) is 0 Å². The lowest BCUT2D eigenvalue weighted by Crippen LogP contribution is -2.35. The molecule has 0 aromatic rings. The fourth-order valence-corrected chi connectivity index (χ4v) is 0.702. The summed E-state index contributed by atoms with van der Waals surface area (Å²) in [6, 6.07) is -0.280. The maximum Gasteiger partial charge on any atom is 0.358 e. The summed E-state index contributed by atoms with van der Waals surface area (Å²) in [7, 11) is 1.44. The highest BCUT2D eigenvalue weighted by Gasteiger charge is 2.25. The Morgan fingerprint density at radius 3 is 2.40 bits per heavy atom. The van der Waals surface area contributed by atoms with Crippen LogP contribution in [0.5, 0.6) is 0 Å². The van der Waals surface area contributed by atoms with Gasteiger partial charge in [-0.2, -0.15) is 0 Å². The van der Waals surface area contributed by atoms with Crippen molar-refractivity contribution in [3.63, 3.8) is 0 Å². The molecule has 1 aliphatic rings. The predicted octanol–water partition coefficient (Wildman–Crippen LogP) is -0.419. The van der Waals surface area contributed by atoms with Gasteiger partial charge in [-0.25, -0.2) is 15.7 Å². The van der Waals surface area contributed by atoms with Gasteiger partial charge >= 0.3 is 6.03 Å². The monoisotopic (exact) mass is 167 g/mol. The van der Waals surface area contributed by atoms with Crippen molar-refractivity contribution in [2.45, 2.75) is 0 Å². The van der Waals surface area contributed by atoms with Crippen LogP contribution in [0.3, 0.4) is 0 Å². The second-order valence-electron chi connectivity index (χ2n) is 1.76. The Morgan fingerprint density at radius 2 is 2.20 bits per heavy atom. The molecule has 1 rings (SSSR count). The Hall–Kier alpha value is -0.520. The van der Waals surface area contributed by atoms with Crippen molar-refractivity contribution in [2.24, 2.45) is 5.84 Å². The summed E-state index contributed by atoms with van der Waals surface area (Å²) in [5.74, 6) is 5.21. The summed E-state index contributed by atoms with van der Waals surface area (Å²) in [6.45, 7) is 1.08. The molecule has 2 amide bonds. The lowest BCUT2D eigenvalue weighted by atomic mass is 10.7. The fourth-order valence-electron chi connectivity index (χ4n) is 0.702. The maximum atomic E-state index is 10.7. The van der Waals surface area contributed by atoms with Crippen LogP contribution in [-0.2, 0) is 4.84 Å². The maximum absolute atomic E-state index is 10.7. The number of hydrazine groups is 1. The van der Waals surface area contributed by atoms with Gasteiger partial charge in [-0.1, -0.05) is 0 Å². The van der Waals surface area contributed by atoms with Crippen LogP contribution in [0.2, 0.25) is 0 Å². The summed E-state index contributed by atoms with van der Waals surface area (Å²) < 4.78 is 0. The molecule has 1 fully saturated rings. The van der Waals surface area contributed by atoms with Crippen LogP contribution in [0.4, 0.5) is 4.79 Å². The van der Waals surface area contributed by atoms with Gasteiger partial charge in [-0.3, -0.25) is 9.85 Å². The number of nitrogens with two attached hydrogens (primary N) is 1. The minimum absolute atomic E-state index is 0. The van der Waals surface area contributed by atoms with Gasteiger partial charge in [0, 0.05) is 0 Å². The first kappa shape index (κ1) is 9.48. The summed E-state index contributed by atoms with van der Waals surface area (Å²) in [5, 5.41) is 2.32. The Kier molecular flexibility index (Phi) is 3.41. The van der Waals surface area contributed by atoms with E-state index in [1.165, 1.54) is 12.2 Å². The zero-order valence-corrected chi connectivity index (χ0v) is 6.43. The van der Waals surface area contributed by atoms with Crippen LogP contribution in [0.15, 0.2) is 0 Å². The highest BCUT2D eigenvalue weighted by atomic mass is 35.5. The number of hydroxylamine groups is 2. The number of halogens is 1. The second-order valence-corrected chi connectivity index (χ2v) is 1.76. The van der Waals surface area contributed by atoms with Gasteiger partial charge in [0.25, 0.3) is 0 Å². The lowest BCUT2D eigenvalue weighted by molar-refractivity contribution is -0.0723. The second kappa shape index (κ2) is 3.60. The van der Waals surface area contributed by atoms with E-state index in [0.717, 1.165) is 5.01 Å². The van der Waals surface area contributed by atoms with Crippen molar-refractivity contribution < 1.29 is 9.63 Å². The van der Waals surface area contributed by atoms with Crippen LogP contribution in [0.25, 0.3) is 0 Å². The van der Waals surface area contributed by atoms with Gasteiger partial charge in [0.15, 0.2) is 0 Å². The van der Waals surface area contributed by atoms with E-state index in [1.54, 1.807) is 0 Å². The van der Waals surface area contributed by atoms with E-state index in [9.17, 15) is 4.79 Å². The number of amides is 2. The van der Waals surface area contributed by atoms with Gasteiger partial charge < -0.3 is 0 Å². The van der Waals surface area contributed by atoms with E-state index in [0.29, 0.717) is 13.1 Å². The molecule has 0 aromatic heterocycles. The van der Waals surface area contributed by atoms with Crippen LogP contribution in [0, 0.1) is 0 Å². The van der Waals surface area contributed by atoms with Crippen molar-refractivity contribution >= 4 is 18.4 Å². The number of urea groups is 1. The molecule has 5 nitrogen and oxygen atoms in total. The van der Waals surface area contributed by atoms with Crippen molar-refractivity contribution in [3.8, 4) is 0 Å². The normalized spacial score (nSPS) is 17.6. The molecule has 1 aliphatic heterocycles. The number of hydrogen-bond acceptors (Lipinski definition) is 3. The molecule has 0 spiro atoms. The van der Waals surface area contributed by atoms with E-state index in [4.69, 9.17) is 5.84 Å². The van der Waals surface area contributed by atoms with Crippen molar-refractivity contribution in [1.29, 1.82) is 0 Å². The number of rotatable bonds is 1. The molecular formula is C4H10ClN3O2. The number of carbonyl (C=O) groups excluding carboxylic acids is 1. The van der Waals surface area contributed by atoms with Gasteiger partial charge in [0.2, 0.25) is 0 Å². The SMILES string of the molecule is CON1CCN(N)C1=O.Cl. The van der Waals surface area contributed by atoms with E-state index >= 15 is 0 Å². The standard InChI is InChI=1S/C4H9N3O2.ClH/c1-9-7-3-2-6(5)4(7)8;/h2-3,5H2,1H3;1H. The molecule has 10 heavy (non-hydrogen) atoms. The summed E-state index contributed by atoms with van der Waals surface area (Å²) in [5.41, 5.74) is 0. The lowest BCUT2D eigenvalue weighted by Gasteiger charge is -2.10. The highest BCUT2D eigenvalue weighted by Crippen LogP contribution is 2.01. The zero-order chi connectivity index (χ0) is 6.85. The van der Waals surface area contributed by atoms with Gasteiger partial charge in [0.05, 0.1) is 20.2 Å². The largest absolute Gasteiger partial charge is 0.358 e. The van der Waals surface area contributed by atoms with Crippen molar-refractivity contribution in [2.75, 3.05) is 20.2 Å². The molecule has 0 unspecified atom stereocenters. The molecule has 1 heterocycles. The van der Waals surface area contributed by atoms with E-state index in [2.05, 4.69) is 4.84 Å². The minimum atomic E-state index is -0.280. The Labute approximate surface area is 65.0 Å². The van der Waals surface area contributed by atoms with Crippen molar-refractivity contribution in [1.82, 2.24) is 10.1 Å². The first-order valence-electron chi connectivity index (χ1n) is 2.63. The number of nitrogens with zero attached hydrogens (tertiary/aromatic N) is 2. The zero-order valence-electron chi connectivity index (χ0n) is 5.61. The van der Waals surface area contributed by atoms with Gasteiger partial charge in [0.1, 0.15) is 0 Å². The molecule has 0 bridgehead atoms. The van der Waals surface area contributed by atoms with E-state index in [-0.39, 0.29) is 18.4 Å². The fraction of sp³-hybridized carbons (Fsp3) is 0.750. The quantitative estimate of drug-likeness (QED) is 0.426. The molecule has 6 heteroatoms.